The summed E-state index contributed by atoms with van der Waals surface area (Å²) in [4.78, 5) is 25.6. The number of nitrogens with zero attached hydrogens (tertiary/aromatic N) is 1. The molecule has 23 heteroatoms. The topological polar surface area (TPSA) is 58.5 Å². The van der Waals surface area contributed by atoms with E-state index in [1.54, 1.807) is 0 Å². The van der Waals surface area contributed by atoms with Gasteiger partial charge in [-0.3, -0.25) is 4.79 Å². The summed E-state index contributed by atoms with van der Waals surface area (Å²) in [7, 11) is 0. The second-order valence-corrected chi connectivity index (χ2v) is 9.00. The molecule has 44 heavy (non-hydrogen) atoms. The van der Waals surface area contributed by atoms with Crippen LogP contribution in [0.25, 0.3) is 0 Å². The van der Waals surface area contributed by atoms with Crippen LogP contribution in [-0.4, -0.2) is 71.6 Å². The smallest absolute Gasteiger partial charge is 0.349 e. The summed E-state index contributed by atoms with van der Waals surface area (Å²) in [5, 5.41) is 1.46. The molecule has 1 amide bonds. The average molecular weight is 686 g/mol. The predicted octanol–water partition coefficient (Wildman–Crippen LogP) is 8.12. The fourth-order valence-corrected chi connectivity index (χ4v) is 3.28. The Kier molecular flexibility index (Phi) is 9.93. The molecule has 0 fully saturated rings. The zero-order valence-electron chi connectivity index (χ0n) is 21.0. The van der Waals surface area contributed by atoms with Crippen LogP contribution in [0.1, 0.15) is 29.3 Å². The number of isocyanates is 1. The average Bonchev–Trinajstić information content (AvgIpc) is 2.82. The maximum absolute atomic E-state index is 14.2. The number of hydrogen-bond donors (Lipinski definition) is 1. The number of aryl methyl sites for hydroxylation is 1. The number of alkyl halides is 19. The van der Waals surface area contributed by atoms with E-state index in [2.05, 4.69) is 4.99 Å². The maximum Gasteiger partial charge on any atom is 0.460 e. The summed E-state index contributed by atoms with van der Waals surface area (Å²) >= 11 is 0. The van der Waals surface area contributed by atoms with Gasteiger partial charge in [-0.25, -0.2) is 4.79 Å². The Morgan fingerprint density at radius 2 is 1.09 bits per heavy atom. The molecule has 0 aliphatic carbocycles. The Bertz CT molecular complexity index is 1280. The molecule has 1 unspecified atom stereocenters. The van der Waals surface area contributed by atoms with Gasteiger partial charge < -0.3 is 5.32 Å². The number of nitrogens with one attached hydrogen (secondary N) is 1. The molecule has 0 radical (unpaired) electrons. The van der Waals surface area contributed by atoms with Gasteiger partial charge in [-0.15, -0.1) is 0 Å². The molecule has 0 bridgehead atoms. The Balaban J connectivity index is 3.46. The Hall–Kier alpha value is -3.26. The monoisotopic (exact) mass is 686 g/mol. The summed E-state index contributed by atoms with van der Waals surface area (Å²) in [5.41, 5.74) is -0.726. The Labute approximate surface area is 231 Å². The number of carbonyl (C=O) groups excluding carboxylic acids is 2. The van der Waals surface area contributed by atoms with E-state index in [0.717, 1.165) is 31.2 Å². The molecule has 1 N–H and O–H groups in total. The Morgan fingerprint density at radius 1 is 0.705 bits per heavy atom. The molecule has 0 saturated heterocycles. The number of carbonyl (C=O) groups is 1. The van der Waals surface area contributed by atoms with Crippen molar-refractivity contribution in [3.05, 3.63) is 29.3 Å². The minimum Gasteiger partial charge on any atom is -0.349 e. The van der Waals surface area contributed by atoms with Gasteiger partial charge in [0.25, 0.3) is 5.91 Å². The normalized spacial score (nSPS) is 15.5. The summed E-state index contributed by atoms with van der Waals surface area (Å²) in [6.45, 7) is 1.43. The number of halogens is 19. The first kappa shape index (κ1) is 38.8. The molecule has 4 nitrogen and oxygen atoms in total. The molecule has 1 aromatic carbocycles. The largest absolute Gasteiger partial charge is 0.460 e. The third-order valence-electron chi connectivity index (χ3n) is 5.75. The second-order valence-electron chi connectivity index (χ2n) is 9.00. The molecule has 0 aliphatic heterocycles. The van der Waals surface area contributed by atoms with Gasteiger partial charge >= 0.3 is 53.6 Å². The number of benzene rings is 1. The SMILES string of the molecule is Cc1cc(N=C=O)ccc1C(=O)NC(C)CC(F)(F)C(F)(F)C(F)(F)C(F)(F)C(F)(F)C(F)(F)C(F)(F)C(F)(F)C(F)(F)F. The van der Waals surface area contributed by atoms with E-state index in [9.17, 15) is 93.0 Å². The number of hydrogen-bond acceptors (Lipinski definition) is 3. The molecule has 0 saturated carbocycles. The van der Waals surface area contributed by atoms with Crippen molar-refractivity contribution in [3.8, 4) is 0 Å². The third-order valence-corrected chi connectivity index (χ3v) is 5.75. The number of rotatable bonds is 12. The lowest BCUT2D eigenvalue weighted by Crippen LogP contribution is -2.75. The molecular weight excluding hydrogens is 673 g/mol. The van der Waals surface area contributed by atoms with Gasteiger partial charge in [-0.2, -0.15) is 88.4 Å². The fourth-order valence-electron chi connectivity index (χ4n) is 3.28. The lowest BCUT2D eigenvalue weighted by Gasteiger charge is -2.44. The molecule has 1 rings (SSSR count). The van der Waals surface area contributed by atoms with E-state index in [1.165, 1.54) is 5.32 Å². The highest BCUT2D eigenvalue weighted by Crippen LogP contribution is 2.65. The molecule has 0 aliphatic rings. The lowest BCUT2D eigenvalue weighted by atomic mass is 9.86. The highest BCUT2D eigenvalue weighted by atomic mass is 19.4. The molecule has 1 aromatic rings. The first-order valence-corrected chi connectivity index (χ1v) is 10.8. The highest BCUT2D eigenvalue weighted by molar-refractivity contribution is 5.96. The van der Waals surface area contributed by atoms with Crippen molar-refractivity contribution in [1.29, 1.82) is 0 Å². The molecule has 252 valence electrons. The number of aliphatic imine (C=N–C) groups is 1. The molecular formula is C21H13F19N2O2. The van der Waals surface area contributed by atoms with Crippen LogP contribution in [0.4, 0.5) is 89.1 Å². The predicted molar refractivity (Wildman–Crippen MR) is 106 cm³/mol. The van der Waals surface area contributed by atoms with Crippen molar-refractivity contribution in [2.75, 3.05) is 0 Å². The van der Waals surface area contributed by atoms with Crippen LogP contribution in [0.3, 0.4) is 0 Å². The van der Waals surface area contributed by atoms with Gasteiger partial charge in [-0.05, 0) is 37.6 Å². The first-order valence-electron chi connectivity index (χ1n) is 10.8. The van der Waals surface area contributed by atoms with E-state index >= 15 is 0 Å². The van der Waals surface area contributed by atoms with Crippen LogP contribution in [-0.2, 0) is 4.79 Å². The number of amides is 1. The Morgan fingerprint density at radius 3 is 1.45 bits per heavy atom. The van der Waals surface area contributed by atoms with Crippen LogP contribution >= 0.6 is 0 Å². The van der Waals surface area contributed by atoms with Crippen LogP contribution < -0.4 is 5.32 Å². The van der Waals surface area contributed by atoms with Crippen LogP contribution in [0.2, 0.25) is 0 Å². The lowest BCUT2D eigenvalue weighted by molar-refractivity contribution is -0.468. The van der Waals surface area contributed by atoms with Gasteiger partial charge in [0, 0.05) is 18.0 Å². The molecule has 0 heterocycles. The van der Waals surface area contributed by atoms with E-state index in [1.807, 2.05) is 0 Å². The fraction of sp³-hybridized carbons (Fsp3) is 0.619. The highest BCUT2D eigenvalue weighted by Gasteiger charge is 2.96. The maximum atomic E-state index is 14.2. The minimum atomic E-state index is -9.00. The van der Waals surface area contributed by atoms with E-state index in [0.29, 0.717) is 6.92 Å². The van der Waals surface area contributed by atoms with Gasteiger partial charge in [0.15, 0.2) is 0 Å². The molecule has 0 aromatic heterocycles. The van der Waals surface area contributed by atoms with Crippen LogP contribution in [0.15, 0.2) is 23.2 Å². The zero-order chi connectivity index (χ0) is 35.3. The summed E-state index contributed by atoms with van der Waals surface area (Å²) in [5.74, 6) is -68.8. The summed E-state index contributed by atoms with van der Waals surface area (Å²) in [6, 6.07) is 0.263. The van der Waals surface area contributed by atoms with Crippen molar-refractivity contribution >= 4 is 17.7 Å². The standard InChI is InChI=1S/C21H13F19N2O2/c1-8-5-10(41-7-43)3-4-11(8)12(44)42-9(2)6-13(22,23)14(24,25)15(26,27)16(28,29)17(30,31)18(32,33)19(34,35)20(36,37)21(38,39)40/h3-5,9H,6H2,1-2H3,(H,42,44). The third kappa shape index (κ3) is 5.78. The zero-order valence-corrected chi connectivity index (χ0v) is 21.0. The van der Waals surface area contributed by atoms with Crippen molar-refractivity contribution in [3.63, 3.8) is 0 Å². The molecule has 0 spiro atoms. The van der Waals surface area contributed by atoms with Gasteiger partial charge in [0.05, 0.1) is 5.69 Å². The summed E-state index contributed by atoms with van der Waals surface area (Å²) < 4.78 is 255. The van der Waals surface area contributed by atoms with E-state index in [-0.39, 0.29) is 11.3 Å². The van der Waals surface area contributed by atoms with Crippen molar-refractivity contribution in [2.24, 2.45) is 4.99 Å². The first-order chi connectivity index (χ1) is 19.2. The van der Waals surface area contributed by atoms with Crippen molar-refractivity contribution in [1.82, 2.24) is 5.32 Å². The van der Waals surface area contributed by atoms with Crippen molar-refractivity contribution < 1.29 is 93.0 Å². The summed E-state index contributed by atoms with van der Waals surface area (Å²) in [6.07, 6.45) is -9.76. The van der Waals surface area contributed by atoms with Gasteiger partial charge in [-0.1, -0.05) is 0 Å². The van der Waals surface area contributed by atoms with Crippen LogP contribution in [0.5, 0.6) is 0 Å². The van der Waals surface area contributed by atoms with Gasteiger partial charge in [0.1, 0.15) is 0 Å². The van der Waals surface area contributed by atoms with Crippen LogP contribution in [0, 0.1) is 6.92 Å². The quantitative estimate of drug-likeness (QED) is 0.137. The minimum absolute atomic E-state index is 0.106. The second kappa shape index (κ2) is 11.3. The van der Waals surface area contributed by atoms with E-state index in [4.69, 9.17) is 0 Å². The molecule has 1 atom stereocenters. The van der Waals surface area contributed by atoms with Crippen molar-refractivity contribution in [2.45, 2.75) is 79.9 Å². The van der Waals surface area contributed by atoms with E-state index < -0.39 is 77.5 Å². The van der Waals surface area contributed by atoms with Gasteiger partial charge in [0.2, 0.25) is 6.08 Å².